The summed E-state index contributed by atoms with van der Waals surface area (Å²) in [5, 5.41) is 0. The lowest BCUT2D eigenvalue weighted by atomic mass is 9.53. The van der Waals surface area contributed by atoms with Crippen LogP contribution in [0.2, 0.25) is 0 Å². The molecule has 0 aromatic carbocycles. The Balaban J connectivity index is 2.03. The van der Waals surface area contributed by atoms with Crippen LogP contribution in [0.1, 0.15) is 38.5 Å². The molecule has 4 saturated carbocycles. The smallest absolute Gasteiger partial charge is 0.0291 e. The third-order valence-electron chi connectivity index (χ3n) is 3.98. The summed E-state index contributed by atoms with van der Waals surface area (Å²) in [5.74, 6) is 0.861. The standard InChI is InChI=1S/C10H15Br2N/c11-8-1-7-2-9(12,4-8)6-10(13,3-7)5-8/h7H,1-6,13H2. The van der Waals surface area contributed by atoms with Gasteiger partial charge in [-0.2, -0.15) is 0 Å². The highest BCUT2D eigenvalue weighted by molar-refractivity contribution is 9.10. The van der Waals surface area contributed by atoms with Crippen molar-refractivity contribution in [3.8, 4) is 0 Å². The van der Waals surface area contributed by atoms with Gasteiger partial charge in [0.1, 0.15) is 0 Å². The summed E-state index contributed by atoms with van der Waals surface area (Å²) >= 11 is 7.84. The summed E-state index contributed by atoms with van der Waals surface area (Å²) in [6, 6.07) is 0. The van der Waals surface area contributed by atoms with Crippen molar-refractivity contribution in [2.75, 3.05) is 0 Å². The van der Waals surface area contributed by atoms with Crippen LogP contribution in [-0.2, 0) is 0 Å². The zero-order valence-corrected chi connectivity index (χ0v) is 10.8. The Morgan fingerprint density at radius 1 is 0.923 bits per heavy atom. The maximum atomic E-state index is 6.43. The minimum absolute atomic E-state index is 0.131. The van der Waals surface area contributed by atoms with Gasteiger partial charge in [-0.05, 0) is 44.4 Å². The maximum absolute atomic E-state index is 6.43. The molecule has 3 heteroatoms. The molecule has 4 aliphatic carbocycles. The van der Waals surface area contributed by atoms with Gasteiger partial charge >= 0.3 is 0 Å². The Morgan fingerprint density at radius 2 is 1.46 bits per heavy atom. The van der Waals surface area contributed by atoms with E-state index in [1.165, 1.54) is 38.5 Å². The van der Waals surface area contributed by atoms with Crippen LogP contribution in [0, 0.1) is 5.92 Å². The number of rotatable bonds is 0. The zero-order chi connectivity index (χ0) is 9.32. The summed E-state index contributed by atoms with van der Waals surface area (Å²) in [6.07, 6.45) is 7.59. The molecule has 0 saturated heterocycles. The Labute approximate surface area is 96.1 Å². The average Bonchev–Trinajstić information content (AvgIpc) is 1.71. The fraction of sp³-hybridized carbons (Fsp3) is 1.00. The highest BCUT2D eigenvalue weighted by atomic mass is 79.9. The van der Waals surface area contributed by atoms with Crippen LogP contribution in [-0.4, -0.2) is 14.2 Å². The number of alkyl halides is 2. The van der Waals surface area contributed by atoms with Gasteiger partial charge in [-0.3, -0.25) is 0 Å². The predicted molar refractivity (Wildman–Crippen MR) is 61.4 cm³/mol. The summed E-state index contributed by atoms with van der Waals surface area (Å²) in [7, 11) is 0. The van der Waals surface area contributed by atoms with Gasteiger partial charge in [0.05, 0.1) is 0 Å². The Hall–Kier alpha value is 0.920. The maximum Gasteiger partial charge on any atom is 0.0291 e. The van der Waals surface area contributed by atoms with E-state index in [0.717, 1.165) is 5.92 Å². The summed E-state index contributed by atoms with van der Waals surface area (Å²) in [6.45, 7) is 0. The largest absolute Gasteiger partial charge is 0.325 e. The van der Waals surface area contributed by atoms with Gasteiger partial charge in [-0.1, -0.05) is 31.9 Å². The number of nitrogens with two attached hydrogens (primary N) is 1. The van der Waals surface area contributed by atoms with Crippen LogP contribution in [0.5, 0.6) is 0 Å². The number of hydrogen-bond donors (Lipinski definition) is 1. The van der Waals surface area contributed by atoms with Crippen LogP contribution in [0.4, 0.5) is 0 Å². The zero-order valence-electron chi connectivity index (χ0n) is 7.65. The van der Waals surface area contributed by atoms with Gasteiger partial charge in [-0.25, -0.2) is 0 Å². The van der Waals surface area contributed by atoms with Gasteiger partial charge in [-0.15, -0.1) is 0 Å². The van der Waals surface area contributed by atoms with E-state index in [-0.39, 0.29) is 5.54 Å². The van der Waals surface area contributed by atoms with E-state index in [9.17, 15) is 0 Å². The highest BCUT2D eigenvalue weighted by Crippen LogP contribution is 2.64. The van der Waals surface area contributed by atoms with Crippen LogP contribution in [0.3, 0.4) is 0 Å². The van der Waals surface area contributed by atoms with Crippen molar-refractivity contribution in [3.05, 3.63) is 0 Å². The molecule has 2 unspecified atom stereocenters. The molecule has 13 heavy (non-hydrogen) atoms. The Bertz CT molecular complexity index is 215. The summed E-state index contributed by atoms with van der Waals surface area (Å²) < 4.78 is 0.731. The first kappa shape index (κ1) is 9.17. The van der Waals surface area contributed by atoms with Crippen molar-refractivity contribution in [2.24, 2.45) is 11.7 Å². The second kappa shape index (κ2) is 2.35. The molecular formula is C10H15Br2N. The molecule has 0 aromatic rings. The van der Waals surface area contributed by atoms with Gasteiger partial charge in [0.15, 0.2) is 0 Å². The molecule has 74 valence electrons. The van der Waals surface area contributed by atoms with Gasteiger partial charge in [0.2, 0.25) is 0 Å². The first-order valence-corrected chi connectivity index (χ1v) is 6.66. The molecule has 2 N–H and O–H groups in total. The Morgan fingerprint density at radius 3 is 1.85 bits per heavy atom. The van der Waals surface area contributed by atoms with Gasteiger partial charge in [0.25, 0.3) is 0 Å². The van der Waals surface area contributed by atoms with Crippen molar-refractivity contribution in [2.45, 2.75) is 52.7 Å². The quantitative estimate of drug-likeness (QED) is 0.684. The van der Waals surface area contributed by atoms with Crippen molar-refractivity contribution >= 4 is 31.9 Å². The van der Waals surface area contributed by atoms with E-state index in [0.29, 0.717) is 8.65 Å². The van der Waals surface area contributed by atoms with E-state index in [2.05, 4.69) is 31.9 Å². The Kier molecular flexibility index (Phi) is 1.66. The van der Waals surface area contributed by atoms with E-state index in [4.69, 9.17) is 5.73 Å². The third-order valence-corrected chi connectivity index (χ3v) is 5.74. The van der Waals surface area contributed by atoms with Crippen molar-refractivity contribution < 1.29 is 0 Å². The van der Waals surface area contributed by atoms with Gasteiger partial charge < -0.3 is 5.73 Å². The van der Waals surface area contributed by atoms with Crippen LogP contribution >= 0.6 is 31.9 Å². The second-order valence-electron chi connectivity index (χ2n) is 5.67. The predicted octanol–water partition coefficient (Wildman–Crippen LogP) is 2.95. The molecule has 0 aromatic heterocycles. The van der Waals surface area contributed by atoms with Crippen LogP contribution in [0.15, 0.2) is 0 Å². The SMILES string of the molecule is NC12CC3CC(Br)(C1)CC(Br)(C3)C2. The fourth-order valence-corrected chi connectivity index (χ4v) is 7.76. The van der Waals surface area contributed by atoms with Gasteiger partial charge in [0, 0.05) is 14.2 Å². The fourth-order valence-electron chi connectivity index (χ4n) is 4.28. The van der Waals surface area contributed by atoms with E-state index in [1.807, 2.05) is 0 Å². The molecule has 0 heterocycles. The van der Waals surface area contributed by atoms with E-state index >= 15 is 0 Å². The van der Waals surface area contributed by atoms with E-state index in [1.54, 1.807) is 0 Å². The van der Waals surface area contributed by atoms with E-state index < -0.39 is 0 Å². The molecule has 0 aliphatic heterocycles. The second-order valence-corrected chi connectivity index (χ2v) is 9.04. The number of halogens is 2. The molecule has 4 fully saturated rings. The summed E-state index contributed by atoms with van der Waals surface area (Å²) in [4.78, 5) is 0. The topological polar surface area (TPSA) is 26.0 Å². The molecular weight excluding hydrogens is 294 g/mol. The lowest BCUT2D eigenvalue weighted by molar-refractivity contribution is 0.0414. The average molecular weight is 309 g/mol. The normalized spacial score (nSPS) is 64.4. The molecule has 1 nitrogen and oxygen atoms in total. The first-order chi connectivity index (χ1) is 5.91. The van der Waals surface area contributed by atoms with Crippen LogP contribution in [0.25, 0.3) is 0 Å². The monoisotopic (exact) mass is 307 g/mol. The molecule has 4 rings (SSSR count). The van der Waals surface area contributed by atoms with Crippen molar-refractivity contribution in [1.82, 2.24) is 0 Å². The number of hydrogen-bond acceptors (Lipinski definition) is 1. The minimum atomic E-state index is 0.131. The lowest BCUT2D eigenvalue weighted by Gasteiger charge is -2.62. The minimum Gasteiger partial charge on any atom is -0.325 e. The molecule has 4 aliphatic rings. The first-order valence-electron chi connectivity index (χ1n) is 5.07. The summed E-state index contributed by atoms with van der Waals surface area (Å²) in [5.41, 5.74) is 6.56. The lowest BCUT2D eigenvalue weighted by Crippen LogP contribution is -2.65. The molecule has 0 amide bonds. The third kappa shape index (κ3) is 1.34. The van der Waals surface area contributed by atoms with Crippen LogP contribution < -0.4 is 5.73 Å². The molecule has 0 spiro atoms. The van der Waals surface area contributed by atoms with Crippen molar-refractivity contribution in [1.29, 1.82) is 0 Å². The molecule has 0 radical (unpaired) electrons. The molecule has 2 atom stereocenters. The van der Waals surface area contributed by atoms with Crippen molar-refractivity contribution in [3.63, 3.8) is 0 Å². The highest BCUT2D eigenvalue weighted by Gasteiger charge is 2.60. The molecule has 4 bridgehead atoms.